The summed E-state index contributed by atoms with van der Waals surface area (Å²) in [7, 11) is 0. The lowest BCUT2D eigenvalue weighted by molar-refractivity contribution is -0.122. The molecule has 0 saturated carbocycles. The molecule has 2 aromatic heterocycles. The summed E-state index contributed by atoms with van der Waals surface area (Å²) in [5.74, 6) is 0.364. The van der Waals surface area contributed by atoms with Crippen molar-refractivity contribution in [2.75, 3.05) is 13.2 Å². The number of carbonyl (C=O) groups is 1. The van der Waals surface area contributed by atoms with Crippen molar-refractivity contribution >= 4 is 5.91 Å². The second-order valence-corrected chi connectivity index (χ2v) is 5.98. The lowest BCUT2D eigenvalue weighted by atomic mass is 9.95. The summed E-state index contributed by atoms with van der Waals surface area (Å²) in [5, 5.41) is 7.31. The van der Waals surface area contributed by atoms with Gasteiger partial charge in [-0.1, -0.05) is 0 Å². The average molecular weight is 314 g/mol. The maximum absolute atomic E-state index is 12.2. The van der Waals surface area contributed by atoms with Crippen molar-refractivity contribution in [1.82, 2.24) is 20.1 Å². The molecule has 1 saturated heterocycles. The van der Waals surface area contributed by atoms with Crippen LogP contribution >= 0.6 is 0 Å². The number of nitrogens with one attached hydrogen (secondary N) is 1. The Hall–Kier alpha value is -2.21. The lowest BCUT2D eigenvalue weighted by Crippen LogP contribution is -2.40. The molecule has 0 spiro atoms. The van der Waals surface area contributed by atoms with Crippen LogP contribution in [0.4, 0.5) is 0 Å². The third-order valence-electron chi connectivity index (χ3n) is 4.27. The van der Waals surface area contributed by atoms with Gasteiger partial charge in [0, 0.05) is 43.2 Å². The second kappa shape index (κ2) is 7.37. The van der Waals surface area contributed by atoms with E-state index in [-0.39, 0.29) is 11.9 Å². The number of ether oxygens (including phenoxy) is 1. The number of pyridine rings is 1. The Morgan fingerprint density at radius 1 is 1.30 bits per heavy atom. The lowest BCUT2D eigenvalue weighted by Gasteiger charge is -2.19. The molecule has 1 aliphatic heterocycles. The second-order valence-electron chi connectivity index (χ2n) is 5.98. The van der Waals surface area contributed by atoms with Crippen LogP contribution in [0.2, 0.25) is 0 Å². The molecule has 1 N–H and O–H groups in total. The van der Waals surface area contributed by atoms with Gasteiger partial charge in [0.05, 0.1) is 19.3 Å². The van der Waals surface area contributed by atoms with Gasteiger partial charge in [-0.3, -0.25) is 14.5 Å². The minimum absolute atomic E-state index is 0.0510. The number of hydrogen-bond donors (Lipinski definition) is 1. The highest BCUT2D eigenvalue weighted by Gasteiger charge is 2.29. The van der Waals surface area contributed by atoms with Crippen LogP contribution in [0, 0.1) is 12.8 Å². The SMILES string of the molecule is Cc1ccnn1CCC(=O)N[C@@H]1COC[C@H]1Cc1ccncc1. The van der Waals surface area contributed by atoms with Crippen LogP contribution < -0.4 is 5.32 Å². The molecule has 1 aliphatic rings. The minimum atomic E-state index is 0.0510. The third kappa shape index (κ3) is 4.16. The smallest absolute Gasteiger partial charge is 0.222 e. The maximum atomic E-state index is 12.2. The largest absolute Gasteiger partial charge is 0.379 e. The first-order valence-electron chi connectivity index (χ1n) is 7.97. The van der Waals surface area contributed by atoms with E-state index in [4.69, 9.17) is 4.74 Å². The zero-order valence-electron chi connectivity index (χ0n) is 13.3. The summed E-state index contributed by atoms with van der Waals surface area (Å²) >= 11 is 0. The molecule has 0 bridgehead atoms. The molecule has 0 radical (unpaired) electrons. The summed E-state index contributed by atoms with van der Waals surface area (Å²) in [4.78, 5) is 16.2. The normalized spacial score (nSPS) is 20.6. The number of nitrogens with zero attached hydrogens (tertiary/aromatic N) is 3. The van der Waals surface area contributed by atoms with Gasteiger partial charge in [0.25, 0.3) is 0 Å². The first kappa shape index (κ1) is 15.7. The van der Waals surface area contributed by atoms with Gasteiger partial charge >= 0.3 is 0 Å². The summed E-state index contributed by atoms with van der Waals surface area (Å²) in [6.07, 6.45) is 6.67. The van der Waals surface area contributed by atoms with E-state index in [1.54, 1.807) is 18.6 Å². The summed E-state index contributed by atoms with van der Waals surface area (Å²) in [6, 6.07) is 6.04. The Balaban J connectivity index is 1.50. The zero-order valence-corrected chi connectivity index (χ0v) is 13.3. The predicted molar refractivity (Wildman–Crippen MR) is 85.8 cm³/mol. The van der Waals surface area contributed by atoms with Gasteiger partial charge in [0.2, 0.25) is 5.91 Å². The average Bonchev–Trinajstić information content (AvgIpc) is 3.16. The molecule has 122 valence electrons. The molecule has 0 aromatic carbocycles. The fourth-order valence-corrected chi connectivity index (χ4v) is 2.90. The molecular weight excluding hydrogens is 292 g/mol. The number of aryl methyl sites for hydroxylation is 2. The van der Waals surface area contributed by atoms with Crippen molar-refractivity contribution < 1.29 is 9.53 Å². The third-order valence-corrected chi connectivity index (χ3v) is 4.27. The van der Waals surface area contributed by atoms with Gasteiger partial charge in [0.1, 0.15) is 0 Å². The Morgan fingerprint density at radius 3 is 2.87 bits per heavy atom. The van der Waals surface area contributed by atoms with E-state index in [0.717, 1.165) is 12.1 Å². The summed E-state index contributed by atoms with van der Waals surface area (Å²) in [5.41, 5.74) is 2.29. The molecule has 6 heteroatoms. The van der Waals surface area contributed by atoms with Crippen LogP contribution in [0.3, 0.4) is 0 Å². The maximum Gasteiger partial charge on any atom is 0.222 e. The van der Waals surface area contributed by atoms with Crippen LogP contribution in [-0.2, 0) is 22.5 Å². The molecule has 2 atom stereocenters. The predicted octanol–water partition coefficient (Wildman–Crippen LogP) is 1.35. The summed E-state index contributed by atoms with van der Waals surface area (Å²) in [6.45, 7) is 3.86. The minimum Gasteiger partial charge on any atom is -0.379 e. The first-order chi connectivity index (χ1) is 11.2. The topological polar surface area (TPSA) is 69.0 Å². The molecule has 0 aliphatic carbocycles. The quantitative estimate of drug-likeness (QED) is 0.874. The first-order valence-corrected chi connectivity index (χ1v) is 7.97. The van der Waals surface area contributed by atoms with E-state index in [2.05, 4.69) is 15.4 Å². The van der Waals surface area contributed by atoms with E-state index in [1.165, 1.54) is 5.56 Å². The fourth-order valence-electron chi connectivity index (χ4n) is 2.90. The van der Waals surface area contributed by atoms with Crippen LogP contribution in [0.1, 0.15) is 17.7 Å². The van der Waals surface area contributed by atoms with Crippen LogP contribution in [0.25, 0.3) is 0 Å². The number of aromatic nitrogens is 3. The number of hydrogen-bond acceptors (Lipinski definition) is 4. The Kier molecular flexibility index (Phi) is 5.02. The van der Waals surface area contributed by atoms with Gasteiger partial charge in [0.15, 0.2) is 0 Å². The van der Waals surface area contributed by atoms with E-state index in [1.807, 2.05) is 29.8 Å². The molecule has 3 rings (SSSR count). The van der Waals surface area contributed by atoms with Crippen molar-refractivity contribution in [3.63, 3.8) is 0 Å². The van der Waals surface area contributed by atoms with Gasteiger partial charge in [-0.2, -0.15) is 5.10 Å². The van der Waals surface area contributed by atoms with Crippen LogP contribution in [0.15, 0.2) is 36.8 Å². The van der Waals surface area contributed by atoms with Gasteiger partial charge < -0.3 is 10.1 Å². The van der Waals surface area contributed by atoms with Crippen LogP contribution in [-0.4, -0.2) is 39.9 Å². The highest BCUT2D eigenvalue weighted by atomic mass is 16.5. The standard InChI is InChI=1S/C17H22N4O2/c1-13-2-8-19-21(13)9-5-17(22)20-16-12-23-11-15(16)10-14-3-6-18-7-4-14/h2-4,6-8,15-16H,5,9-12H2,1H3,(H,20,22)/t15-,16-/m1/s1. The Bertz CT molecular complexity index is 641. The molecule has 3 heterocycles. The van der Waals surface area contributed by atoms with Crippen molar-refractivity contribution in [3.8, 4) is 0 Å². The molecule has 1 fully saturated rings. The molecule has 0 unspecified atom stereocenters. The monoisotopic (exact) mass is 314 g/mol. The highest BCUT2D eigenvalue weighted by molar-refractivity contribution is 5.76. The Labute approximate surface area is 135 Å². The van der Waals surface area contributed by atoms with E-state index in [0.29, 0.717) is 32.1 Å². The van der Waals surface area contributed by atoms with E-state index < -0.39 is 0 Å². The molecule has 1 amide bonds. The molecule has 2 aromatic rings. The molecule has 6 nitrogen and oxygen atoms in total. The Morgan fingerprint density at radius 2 is 2.13 bits per heavy atom. The number of rotatable bonds is 6. The molecule has 23 heavy (non-hydrogen) atoms. The van der Waals surface area contributed by atoms with Crippen molar-refractivity contribution in [3.05, 3.63) is 48.0 Å². The van der Waals surface area contributed by atoms with Crippen LogP contribution in [0.5, 0.6) is 0 Å². The number of amides is 1. The van der Waals surface area contributed by atoms with E-state index >= 15 is 0 Å². The zero-order chi connectivity index (χ0) is 16.1. The van der Waals surface area contributed by atoms with Crippen molar-refractivity contribution in [1.29, 1.82) is 0 Å². The van der Waals surface area contributed by atoms with Gasteiger partial charge in [-0.05, 0) is 37.1 Å². The summed E-state index contributed by atoms with van der Waals surface area (Å²) < 4.78 is 7.41. The van der Waals surface area contributed by atoms with Gasteiger partial charge in [-0.25, -0.2) is 0 Å². The highest BCUT2D eigenvalue weighted by Crippen LogP contribution is 2.19. The van der Waals surface area contributed by atoms with E-state index in [9.17, 15) is 4.79 Å². The number of carbonyl (C=O) groups excluding carboxylic acids is 1. The van der Waals surface area contributed by atoms with Crippen molar-refractivity contribution in [2.24, 2.45) is 5.92 Å². The fraction of sp³-hybridized carbons (Fsp3) is 0.471. The van der Waals surface area contributed by atoms with Crippen molar-refractivity contribution in [2.45, 2.75) is 32.4 Å². The van der Waals surface area contributed by atoms with Gasteiger partial charge in [-0.15, -0.1) is 0 Å². The molecular formula is C17H22N4O2.